The second-order valence-corrected chi connectivity index (χ2v) is 6.37. The molecule has 1 saturated carbocycles. The first kappa shape index (κ1) is 18.0. The summed E-state index contributed by atoms with van der Waals surface area (Å²) < 4.78 is 0. The number of carboxylic acid groups (broad SMARTS) is 1. The summed E-state index contributed by atoms with van der Waals surface area (Å²) in [5.41, 5.74) is 1.06. The minimum Gasteiger partial charge on any atom is -0.481 e. The lowest BCUT2D eigenvalue weighted by Crippen LogP contribution is -2.38. The molecule has 1 aliphatic rings. The zero-order valence-electron chi connectivity index (χ0n) is 13.9. The van der Waals surface area contributed by atoms with Gasteiger partial charge in [-0.1, -0.05) is 31.0 Å². The molecule has 0 saturated heterocycles. The number of para-hydroxylation sites is 1. The molecular formula is C18H24N2O4. The first-order valence-electron chi connectivity index (χ1n) is 8.35. The molecule has 1 aromatic carbocycles. The van der Waals surface area contributed by atoms with E-state index in [2.05, 4.69) is 10.6 Å². The first-order valence-corrected chi connectivity index (χ1v) is 8.35. The van der Waals surface area contributed by atoms with Gasteiger partial charge in [-0.3, -0.25) is 14.4 Å². The van der Waals surface area contributed by atoms with Gasteiger partial charge in [-0.05, 0) is 31.4 Å². The average molecular weight is 332 g/mol. The number of benzene rings is 1. The third-order valence-electron chi connectivity index (χ3n) is 4.24. The Balaban J connectivity index is 1.86. The van der Waals surface area contributed by atoms with Crippen LogP contribution in [0.15, 0.2) is 24.3 Å². The van der Waals surface area contributed by atoms with Crippen molar-refractivity contribution in [2.45, 2.75) is 51.5 Å². The van der Waals surface area contributed by atoms with Gasteiger partial charge in [-0.15, -0.1) is 0 Å². The molecule has 2 rings (SSSR count). The monoisotopic (exact) mass is 332 g/mol. The molecule has 6 nitrogen and oxygen atoms in total. The molecule has 0 aromatic heterocycles. The van der Waals surface area contributed by atoms with E-state index in [0.29, 0.717) is 11.3 Å². The highest BCUT2D eigenvalue weighted by atomic mass is 16.4. The summed E-state index contributed by atoms with van der Waals surface area (Å²) in [7, 11) is 0. The smallest absolute Gasteiger partial charge is 0.307 e. The lowest BCUT2D eigenvalue weighted by molar-refractivity contribution is -0.136. The molecule has 0 radical (unpaired) electrons. The molecule has 1 aliphatic carbocycles. The lowest BCUT2D eigenvalue weighted by Gasteiger charge is -2.17. The molecule has 24 heavy (non-hydrogen) atoms. The Labute approximate surface area is 141 Å². The molecule has 1 aromatic rings. The van der Waals surface area contributed by atoms with Gasteiger partial charge in [0.2, 0.25) is 11.8 Å². The highest BCUT2D eigenvalue weighted by Crippen LogP contribution is 2.24. The predicted octanol–water partition coefficient (Wildman–Crippen LogP) is 2.34. The summed E-state index contributed by atoms with van der Waals surface area (Å²) in [4.78, 5) is 35.1. The summed E-state index contributed by atoms with van der Waals surface area (Å²) in [5.74, 6) is -1.09. The van der Waals surface area contributed by atoms with Gasteiger partial charge in [0.1, 0.15) is 0 Å². The van der Waals surface area contributed by atoms with Crippen molar-refractivity contribution in [2.75, 3.05) is 5.32 Å². The maximum atomic E-state index is 12.2. The zero-order chi connectivity index (χ0) is 17.5. The normalized spacial score (nSPS) is 15.7. The highest BCUT2D eigenvalue weighted by Gasteiger charge is 2.24. The molecule has 6 heteroatoms. The Morgan fingerprint density at radius 1 is 1.21 bits per heavy atom. The van der Waals surface area contributed by atoms with E-state index in [4.69, 9.17) is 5.11 Å². The summed E-state index contributed by atoms with van der Waals surface area (Å²) in [6, 6.07) is 6.57. The number of carbonyl (C=O) groups is 3. The van der Waals surface area contributed by atoms with E-state index in [-0.39, 0.29) is 36.6 Å². The summed E-state index contributed by atoms with van der Waals surface area (Å²) in [6.45, 7) is 1.80. The van der Waals surface area contributed by atoms with E-state index < -0.39 is 5.97 Å². The number of carboxylic acids is 1. The fourth-order valence-electron chi connectivity index (χ4n) is 3.04. The fraction of sp³-hybridized carbons (Fsp3) is 0.500. The molecule has 1 atom stereocenters. The quantitative estimate of drug-likeness (QED) is 0.714. The molecule has 3 N–H and O–H groups in total. The van der Waals surface area contributed by atoms with E-state index in [1.807, 2.05) is 0 Å². The minimum atomic E-state index is -0.950. The van der Waals surface area contributed by atoms with Crippen LogP contribution >= 0.6 is 0 Å². The van der Waals surface area contributed by atoms with Crippen LogP contribution in [0.5, 0.6) is 0 Å². The Bertz CT molecular complexity index is 609. The van der Waals surface area contributed by atoms with Crippen LogP contribution in [0.25, 0.3) is 0 Å². The van der Waals surface area contributed by atoms with Crippen molar-refractivity contribution < 1.29 is 19.5 Å². The van der Waals surface area contributed by atoms with Gasteiger partial charge in [-0.2, -0.15) is 0 Å². The van der Waals surface area contributed by atoms with Gasteiger partial charge in [0.15, 0.2) is 0 Å². The van der Waals surface area contributed by atoms with Crippen LogP contribution in [0.2, 0.25) is 0 Å². The molecule has 1 unspecified atom stereocenters. The Morgan fingerprint density at radius 3 is 2.54 bits per heavy atom. The van der Waals surface area contributed by atoms with Crippen LogP contribution in [0.4, 0.5) is 5.69 Å². The summed E-state index contributed by atoms with van der Waals surface area (Å²) >= 11 is 0. The van der Waals surface area contributed by atoms with Gasteiger partial charge in [0, 0.05) is 24.1 Å². The van der Waals surface area contributed by atoms with Crippen molar-refractivity contribution in [1.29, 1.82) is 0 Å². The van der Waals surface area contributed by atoms with Gasteiger partial charge in [0.05, 0.1) is 6.42 Å². The molecule has 0 aliphatic heterocycles. The Hall–Kier alpha value is -2.37. The third-order valence-corrected chi connectivity index (χ3v) is 4.24. The molecule has 2 amide bonds. The zero-order valence-corrected chi connectivity index (χ0v) is 13.9. The molecule has 0 heterocycles. The highest BCUT2D eigenvalue weighted by molar-refractivity contribution is 5.93. The number of nitrogens with one attached hydrogen (secondary N) is 2. The molecule has 0 spiro atoms. The third kappa shape index (κ3) is 5.37. The maximum Gasteiger partial charge on any atom is 0.307 e. The van der Waals surface area contributed by atoms with Crippen LogP contribution in [0, 0.1) is 5.92 Å². The molecular weight excluding hydrogens is 308 g/mol. The van der Waals surface area contributed by atoms with Crippen molar-refractivity contribution in [1.82, 2.24) is 5.32 Å². The number of hydrogen-bond donors (Lipinski definition) is 3. The van der Waals surface area contributed by atoms with Crippen LogP contribution in [0.1, 0.15) is 44.6 Å². The van der Waals surface area contributed by atoms with E-state index in [0.717, 1.165) is 25.7 Å². The van der Waals surface area contributed by atoms with Crippen LogP contribution in [-0.4, -0.2) is 28.9 Å². The second-order valence-electron chi connectivity index (χ2n) is 6.37. The van der Waals surface area contributed by atoms with E-state index in [1.54, 1.807) is 31.2 Å². The number of carbonyl (C=O) groups excluding carboxylic acids is 2. The van der Waals surface area contributed by atoms with Gasteiger partial charge < -0.3 is 15.7 Å². The van der Waals surface area contributed by atoms with Crippen molar-refractivity contribution in [3.63, 3.8) is 0 Å². The van der Waals surface area contributed by atoms with E-state index in [9.17, 15) is 14.4 Å². The van der Waals surface area contributed by atoms with Crippen molar-refractivity contribution in [2.24, 2.45) is 5.92 Å². The fourth-order valence-corrected chi connectivity index (χ4v) is 3.04. The van der Waals surface area contributed by atoms with Crippen molar-refractivity contribution >= 4 is 23.5 Å². The van der Waals surface area contributed by atoms with Crippen molar-refractivity contribution in [3.05, 3.63) is 29.8 Å². The summed E-state index contributed by atoms with van der Waals surface area (Å²) in [5, 5.41) is 14.5. The maximum absolute atomic E-state index is 12.2. The van der Waals surface area contributed by atoms with Crippen molar-refractivity contribution in [3.8, 4) is 0 Å². The number of anilines is 1. The van der Waals surface area contributed by atoms with Crippen LogP contribution in [-0.2, 0) is 20.8 Å². The predicted molar refractivity (Wildman–Crippen MR) is 90.6 cm³/mol. The number of rotatable bonds is 7. The SMILES string of the molecule is CC(CC(=O)Nc1ccccc1CC(=O)O)NC(=O)C1CCCC1. The second kappa shape index (κ2) is 8.47. The lowest BCUT2D eigenvalue weighted by atomic mass is 10.1. The summed E-state index contributed by atoms with van der Waals surface area (Å²) in [6.07, 6.45) is 4.03. The first-order chi connectivity index (χ1) is 11.5. The van der Waals surface area contributed by atoms with Gasteiger partial charge in [-0.25, -0.2) is 0 Å². The Kier molecular flexibility index (Phi) is 6.35. The van der Waals surface area contributed by atoms with Gasteiger partial charge in [0.25, 0.3) is 0 Å². The largest absolute Gasteiger partial charge is 0.481 e. The number of amides is 2. The Morgan fingerprint density at radius 2 is 1.88 bits per heavy atom. The van der Waals surface area contributed by atoms with Crippen LogP contribution in [0.3, 0.4) is 0 Å². The van der Waals surface area contributed by atoms with Gasteiger partial charge >= 0.3 is 5.97 Å². The minimum absolute atomic E-state index is 0.0269. The van der Waals surface area contributed by atoms with E-state index in [1.165, 1.54) is 0 Å². The van der Waals surface area contributed by atoms with E-state index >= 15 is 0 Å². The number of hydrogen-bond acceptors (Lipinski definition) is 3. The molecule has 130 valence electrons. The number of aliphatic carboxylic acids is 1. The molecule has 0 bridgehead atoms. The standard InChI is InChI=1S/C18H24N2O4/c1-12(19-18(24)13-6-2-3-7-13)10-16(21)20-15-9-5-4-8-14(15)11-17(22)23/h4-5,8-9,12-13H,2-3,6-7,10-11H2,1H3,(H,19,24)(H,20,21)(H,22,23). The topological polar surface area (TPSA) is 95.5 Å². The average Bonchev–Trinajstić information content (AvgIpc) is 3.02. The molecule has 1 fully saturated rings. The van der Waals surface area contributed by atoms with Crippen LogP contribution < -0.4 is 10.6 Å².